The van der Waals surface area contributed by atoms with E-state index in [1.807, 2.05) is 30.3 Å². The van der Waals surface area contributed by atoms with E-state index in [0.717, 1.165) is 5.56 Å². The minimum atomic E-state index is -0.180. The van der Waals surface area contributed by atoms with Crippen LogP contribution in [-0.4, -0.2) is 15.1 Å². The van der Waals surface area contributed by atoms with Gasteiger partial charge in [0.25, 0.3) is 0 Å². The Bertz CT molecular complexity index is 457. The van der Waals surface area contributed by atoms with Crippen LogP contribution in [0, 0.1) is 0 Å². The Morgan fingerprint density at radius 2 is 1.93 bits per heavy atom. The van der Waals surface area contributed by atoms with Gasteiger partial charge in [-0.1, -0.05) is 30.3 Å². The molecule has 15 heavy (non-hydrogen) atoms. The fraction of sp³-hybridized carbons (Fsp3) is 0.0909. The summed E-state index contributed by atoms with van der Waals surface area (Å²) < 4.78 is 0. The van der Waals surface area contributed by atoms with E-state index in [1.165, 1.54) is 6.20 Å². The number of aliphatic hydroxyl groups excluding tert-OH is 1. The number of hydrogen-bond acceptors (Lipinski definition) is 4. The van der Waals surface area contributed by atoms with Crippen molar-refractivity contribution in [3.63, 3.8) is 0 Å². The Morgan fingerprint density at radius 3 is 2.60 bits per heavy atom. The van der Waals surface area contributed by atoms with Crippen molar-refractivity contribution < 1.29 is 5.11 Å². The zero-order chi connectivity index (χ0) is 10.7. The predicted octanol–water partition coefficient (Wildman–Crippen LogP) is 1.22. The molecule has 0 aliphatic heterocycles. The van der Waals surface area contributed by atoms with E-state index >= 15 is 0 Å². The van der Waals surface area contributed by atoms with Crippen LogP contribution in [0.25, 0.3) is 11.3 Å². The molecular formula is C11H11N3O. The molecule has 3 N–H and O–H groups in total. The second kappa shape index (κ2) is 4.06. The topological polar surface area (TPSA) is 72.0 Å². The first-order valence-electron chi connectivity index (χ1n) is 4.59. The lowest BCUT2D eigenvalue weighted by Gasteiger charge is -2.05. The molecule has 4 nitrogen and oxygen atoms in total. The normalized spacial score (nSPS) is 10.2. The SMILES string of the molecule is Nc1cnc(CO)nc1-c1ccccc1. The quantitative estimate of drug-likeness (QED) is 0.766. The highest BCUT2D eigenvalue weighted by Gasteiger charge is 2.05. The summed E-state index contributed by atoms with van der Waals surface area (Å²) in [7, 11) is 0. The summed E-state index contributed by atoms with van der Waals surface area (Å²) in [5.41, 5.74) is 7.87. The molecule has 0 spiro atoms. The first kappa shape index (κ1) is 9.61. The lowest BCUT2D eigenvalue weighted by Crippen LogP contribution is -2.00. The van der Waals surface area contributed by atoms with Gasteiger partial charge in [-0.2, -0.15) is 0 Å². The number of nitrogen functional groups attached to an aromatic ring is 1. The van der Waals surface area contributed by atoms with E-state index in [-0.39, 0.29) is 6.61 Å². The molecule has 0 saturated heterocycles. The summed E-state index contributed by atoms with van der Waals surface area (Å²) in [4.78, 5) is 8.07. The Hall–Kier alpha value is -1.94. The van der Waals surface area contributed by atoms with Gasteiger partial charge < -0.3 is 10.8 Å². The summed E-state index contributed by atoms with van der Waals surface area (Å²) in [5.74, 6) is 0.378. The maximum Gasteiger partial charge on any atom is 0.154 e. The van der Waals surface area contributed by atoms with E-state index in [1.54, 1.807) is 0 Å². The summed E-state index contributed by atoms with van der Waals surface area (Å²) in [6, 6.07) is 9.58. The van der Waals surface area contributed by atoms with Crippen LogP contribution in [0.15, 0.2) is 36.5 Å². The van der Waals surface area contributed by atoms with Crippen LogP contribution in [0.5, 0.6) is 0 Å². The monoisotopic (exact) mass is 201 g/mol. The standard InChI is InChI=1S/C11H11N3O/c12-9-6-13-10(7-15)14-11(9)8-4-2-1-3-5-8/h1-6,15H,7,12H2. The Morgan fingerprint density at radius 1 is 1.20 bits per heavy atom. The van der Waals surface area contributed by atoms with E-state index < -0.39 is 0 Å². The van der Waals surface area contributed by atoms with Crippen LogP contribution in [0.1, 0.15) is 5.82 Å². The second-order valence-electron chi connectivity index (χ2n) is 3.11. The molecule has 0 amide bonds. The summed E-state index contributed by atoms with van der Waals surface area (Å²) >= 11 is 0. The number of anilines is 1. The lowest BCUT2D eigenvalue weighted by atomic mass is 10.1. The Labute approximate surface area is 87.4 Å². The molecule has 1 aromatic carbocycles. The van der Waals surface area contributed by atoms with E-state index in [2.05, 4.69) is 9.97 Å². The second-order valence-corrected chi connectivity index (χ2v) is 3.11. The molecule has 0 saturated carbocycles. The van der Waals surface area contributed by atoms with Crippen molar-refractivity contribution in [1.29, 1.82) is 0 Å². The number of hydrogen-bond donors (Lipinski definition) is 2. The molecule has 0 unspecified atom stereocenters. The Kier molecular flexibility index (Phi) is 2.60. The summed E-state index contributed by atoms with van der Waals surface area (Å²) in [5, 5.41) is 8.93. The van der Waals surface area contributed by atoms with Gasteiger partial charge in [-0.05, 0) is 0 Å². The molecule has 0 fully saturated rings. The highest BCUT2D eigenvalue weighted by molar-refractivity contribution is 5.71. The molecule has 76 valence electrons. The number of aromatic nitrogens is 2. The molecule has 0 radical (unpaired) electrons. The molecule has 2 rings (SSSR count). The zero-order valence-corrected chi connectivity index (χ0v) is 8.09. The maximum atomic E-state index is 8.93. The molecule has 0 aliphatic carbocycles. The molecule has 4 heteroatoms. The van der Waals surface area contributed by atoms with Crippen molar-refractivity contribution in [2.45, 2.75) is 6.61 Å². The fourth-order valence-corrected chi connectivity index (χ4v) is 1.33. The minimum absolute atomic E-state index is 0.180. The average molecular weight is 201 g/mol. The van der Waals surface area contributed by atoms with Gasteiger partial charge in [0.2, 0.25) is 0 Å². The number of aliphatic hydroxyl groups is 1. The molecule has 1 heterocycles. The average Bonchev–Trinajstić information content (AvgIpc) is 2.31. The largest absolute Gasteiger partial charge is 0.396 e. The molecule has 2 aromatic rings. The zero-order valence-electron chi connectivity index (χ0n) is 8.09. The van der Waals surface area contributed by atoms with Crippen molar-refractivity contribution in [3.8, 4) is 11.3 Å². The predicted molar refractivity (Wildman–Crippen MR) is 57.8 cm³/mol. The first-order valence-corrected chi connectivity index (χ1v) is 4.59. The number of nitrogens with zero attached hydrogens (tertiary/aromatic N) is 2. The molecule has 0 aliphatic rings. The van der Waals surface area contributed by atoms with Crippen molar-refractivity contribution in [2.75, 3.05) is 5.73 Å². The van der Waals surface area contributed by atoms with Crippen LogP contribution in [0.2, 0.25) is 0 Å². The minimum Gasteiger partial charge on any atom is -0.396 e. The molecule has 0 bridgehead atoms. The van der Waals surface area contributed by atoms with Crippen LogP contribution in [0.3, 0.4) is 0 Å². The number of rotatable bonds is 2. The van der Waals surface area contributed by atoms with Gasteiger partial charge in [-0.3, -0.25) is 0 Å². The lowest BCUT2D eigenvalue weighted by molar-refractivity contribution is 0.271. The maximum absolute atomic E-state index is 8.93. The third-order valence-corrected chi connectivity index (χ3v) is 2.06. The van der Waals surface area contributed by atoms with Crippen LogP contribution in [-0.2, 0) is 6.61 Å². The third kappa shape index (κ3) is 1.94. The first-order chi connectivity index (χ1) is 7.31. The van der Waals surface area contributed by atoms with Crippen LogP contribution >= 0.6 is 0 Å². The van der Waals surface area contributed by atoms with Crippen molar-refractivity contribution in [3.05, 3.63) is 42.4 Å². The number of nitrogens with two attached hydrogens (primary N) is 1. The molecule has 0 atom stereocenters. The number of benzene rings is 1. The smallest absolute Gasteiger partial charge is 0.154 e. The molecular weight excluding hydrogens is 190 g/mol. The highest BCUT2D eigenvalue weighted by atomic mass is 16.3. The third-order valence-electron chi connectivity index (χ3n) is 2.06. The Balaban J connectivity index is 2.52. The van der Waals surface area contributed by atoms with Gasteiger partial charge in [0.15, 0.2) is 5.82 Å². The van der Waals surface area contributed by atoms with Crippen molar-refractivity contribution in [2.24, 2.45) is 0 Å². The fourth-order valence-electron chi connectivity index (χ4n) is 1.33. The van der Waals surface area contributed by atoms with Gasteiger partial charge in [0, 0.05) is 5.56 Å². The molecule has 1 aromatic heterocycles. The van der Waals surface area contributed by atoms with Crippen molar-refractivity contribution >= 4 is 5.69 Å². The highest BCUT2D eigenvalue weighted by Crippen LogP contribution is 2.22. The summed E-state index contributed by atoms with van der Waals surface area (Å²) in [6.07, 6.45) is 1.51. The van der Waals surface area contributed by atoms with E-state index in [0.29, 0.717) is 17.2 Å². The summed E-state index contributed by atoms with van der Waals surface area (Å²) in [6.45, 7) is -0.180. The van der Waals surface area contributed by atoms with E-state index in [4.69, 9.17) is 10.8 Å². The van der Waals surface area contributed by atoms with E-state index in [9.17, 15) is 0 Å². The van der Waals surface area contributed by atoms with Gasteiger partial charge in [-0.15, -0.1) is 0 Å². The van der Waals surface area contributed by atoms with Crippen LogP contribution < -0.4 is 5.73 Å². The van der Waals surface area contributed by atoms with Gasteiger partial charge in [0.05, 0.1) is 17.6 Å². The van der Waals surface area contributed by atoms with Gasteiger partial charge in [-0.25, -0.2) is 9.97 Å². The van der Waals surface area contributed by atoms with Crippen molar-refractivity contribution in [1.82, 2.24) is 9.97 Å². The van der Waals surface area contributed by atoms with Gasteiger partial charge in [0.1, 0.15) is 6.61 Å². The van der Waals surface area contributed by atoms with Crippen LogP contribution in [0.4, 0.5) is 5.69 Å². The van der Waals surface area contributed by atoms with Gasteiger partial charge >= 0.3 is 0 Å².